The van der Waals surface area contributed by atoms with Crippen LogP contribution in [0, 0.1) is 13.8 Å². The zero-order valence-corrected chi connectivity index (χ0v) is 28.1. The fourth-order valence-electron chi connectivity index (χ4n) is 8.27. The number of likely N-dealkylation sites (N-methyl/N-ethyl adjacent to an activating group) is 1. The van der Waals surface area contributed by atoms with Crippen molar-refractivity contribution in [2.24, 2.45) is 0 Å². The van der Waals surface area contributed by atoms with Crippen molar-refractivity contribution >= 4 is 23.6 Å². The second kappa shape index (κ2) is 12.9. The van der Waals surface area contributed by atoms with Gasteiger partial charge in [-0.25, -0.2) is 4.98 Å². The maximum absolute atomic E-state index is 14.3. The van der Waals surface area contributed by atoms with Crippen molar-refractivity contribution in [1.82, 2.24) is 34.9 Å². The number of nitrogens with two attached hydrogens (primary N) is 1. The Morgan fingerprint density at radius 3 is 2.63 bits per heavy atom. The number of aryl methyl sites for hydroxylation is 2. The average molecular weight is 682 g/mol. The van der Waals surface area contributed by atoms with E-state index in [1.165, 1.54) is 25.1 Å². The summed E-state index contributed by atoms with van der Waals surface area (Å²) in [5.41, 5.74) is 6.80. The first kappa shape index (κ1) is 33.2. The number of carbonyl (C=O) groups is 1. The summed E-state index contributed by atoms with van der Waals surface area (Å²) in [6.07, 6.45) is 4.60. The molecule has 0 aromatic carbocycles. The lowest BCUT2D eigenvalue weighted by atomic mass is 9.82. The molecule has 0 spiro atoms. The quantitative estimate of drug-likeness (QED) is 0.336. The van der Waals surface area contributed by atoms with Gasteiger partial charge in [0.05, 0.1) is 22.5 Å². The van der Waals surface area contributed by atoms with Crippen LogP contribution in [-0.2, 0) is 23.8 Å². The molecule has 3 aliphatic heterocycles. The number of amides is 1. The van der Waals surface area contributed by atoms with Gasteiger partial charge in [0.25, 0.3) is 5.89 Å². The van der Waals surface area contributed by atoms with Gasteiger partial charge in [0.15, 0.2) is 5.82 Å². The van der Waals surface area contributed by atoms with Gasteiger partial charge in [0.1, 0.15) is 18.2 Å². The van der Waals surface area contributed by atoms with Gasteiger partial charge >= 0.3 is 12.2 Å². The molecule has 0 bridgehead atoms. The lowest BCUT2D eigenvalue weighted by Gasteiger charge is -2.33. The van der Waals surface area contributed by atoms with Crippen LogP contribution in [0.25, 0.3) is 6.08 Å². The Morgan fingerprint density at radius 2 is 1.92 bits per heavy atom. The largest absolute Gasteiger partial charge is 0.461 e. The summed E-state index contributed by atoms with van der Waals surface area (Å²) in [4.78, 5) is 37.5. The average Bonchev–Trinajstić information content (AvgIpc) is 3.86. The molecule has 4 aliphatic rings. The van der Waals surface area contributed by atoms with E-state index in [1.54, 1.807) is 11.8 Å². The van der Waals surface area contributed by atoms with E-state index in [1.807, 2.05) is 7.05 Å². The highest BCUT2D eigenvalue weighted by atomic mass is 19.4. The Labute approximate surface area is 282 Å². The van der Waals surface area contributed by atoms with Gasteiger partial charge in [0.2, 0.25) is 5.91 Å². The van der Waals surface area contributed by atoms with Crippen molar-refractivity contribution in [1.29, 1.82) is 0 Å². The van der Waals surface area contributed by atoms with Crippen molar-refractivity contribution in [3.63, 3.8) is 0 Å². The molecule has 1 amide bonds. The normalized spacial score (nSPS) is 22.1. The van der Waals surface area contributed by atoms with Crippen LogP contribution in [0.5, 0.6) is 6.01 Å². The van der Waals surface area contributed by atoms with Crippen molar-refractivity contribution in [2.75, 3.05) is 50.5 Å². The number of halogens is 3. The van der Waals surface area contributed by atoms with E-state index < -0.39 is 17.7 Å². The molecule has 3 fully saturated rings. The SMILES string of the molecule is Cc1noc(/C=C/C(=O)N2CCC(N(C)c3nc(OCC45CCCN4CCC5)nc4c3CCC(c3nc(N)cc(C)c3C(F)(F)F)C4)C2)n1. The van der Waals surface area contributed by atoms with Crippen LogP contribution >= 0.6 is 0 Å². The minimum atomic E-state index is -4.56. The van der Waals surface area contributed by atoms with Gasteiger partial charge in [0, 0.05) is 49.8 Å². The number of likely N-dealkylation sites (tertiary alicyclic amines) is 1. The van der Waals surface area contributed by atoms with E-state index in [-0.39, 0.29) is 52.9 Å². The van der Waals surface area contributed by atoms with Crippen molar-refractivity contribution in [3.05, 3.63) is 51.9 Å². The van der Waals surface area contributed by atoms with Gasteiger partial charge in [-0.3, -0.25) is 9.69 Å². The lowest BCUT2D eigenvalue weighted by molar-refractivity contribution is -0.139. The Morgan fingerprint density at radius 1 is 1.14 bits per heavy atom. The lowest BCUT2D eigenvalue weighted by Crippen LogP contribution is -2.43. The number of hydrogen-bond donors (Lipinski definition) is 1. The van der Waals surface area contributed by atoms with Gasteiger partial charge in [-0.1, -0.05) is 5.16 Å². The van der Waals surface area contributed by atoms with Gasteiger partial charge in [-0.2, -0.15) is 28.1 Å². The van der Waals surface area contributed by atoms with Crippen molar-refractivity contribution in [3.8, 4) is 6.01 Å². The van der Waals surface area contributed by atoms with E-state index >= 15 is 0 Å². The summed E-state index contributed by atoms with van der Waals surface area (Å²) < 4.78 is 54.4. The molecular formula is C34H42F3N9O3. The van der Waals surface area contributed by atoms with Crippen LogP contribution in [0.15, 0.2) is 16.7 Å². The third-order valence-corrected chi connectivity index (χ3v) is 10.7. The molecule has 2 N–H and O–H groups in total. The Bertz CT molecular complexity index is 1750. The van der Waals surface area contributed by atoms with E-state index in [9.17, 15) is 18.0 Å². The molecule has 3 aromatic rings. The number of anilines is 2. The molecule has 2 unspecified atom stereocenters. The highest BCUT2D eigenvalue weighted by molar-refractivity contribution is 5.91. The fraction of sp³-hybridized carbons (Fsp3) is 0.588. The maximum atomic E-state index is 14.3. The van der Waals surface area contributed by atoms with Gasteiger partial charge in [-0.15, -0.1) is 0 Å². The summed E-state index contributed by atoms with van der Waals surface area (Å²) in [5, 5.41) is 3.75. The Balaban J connectivity index is 1.16. The van der Waals surface area contributed by atoms with E-state index in [2.05, 4.69) is 24.9 Å². The minimum absolute atomic E-state index is 0.0295. The predicted molar refractivity (Wildman–Crippen MR) is 175 cm³/mol. The molecule has 12 nitrogen and oxygen atoms in total. The summed E-state index contributed by atoms with van der Waals surface area (Å²) in [6, 6.07) is 1.46. The number of rotatable bonds is 8. The minimum Gasteiger partial charge on any atom is -0.461 e. The zero-order chi connectivity index (χ0) is 34.5. The summed E-state index contributed by atoms with van der Waals surface area (Å²) >= 11 is 0. The molecule has 3 saturated heterocycles. The Kier molecular flexibility index (Phi) is 8.74. The number of nitrogen functional groups attached to an aromatic ring is 1. The number of pyridine rings is 1. The predicted octanol–water partition coefficient (Wildman–Crippen LogP) is 4.50. The molecule has 3 aromatic heterocycles. The number of alkyl halides is 3. The van der Waals surface area contributed by atoms with Crippen LogP contribution in [0.2, 0.25) is 0 Å². The van der Waals surface area contributed by atoms with Crippen molar-refractivity contribution in [2.45, 2.75) is 88.9 Å². The van der Waals surface area contributed by atoms with E-state index in [0.29, 0.717) is 56.3 Å². The van der Waals surface area contributed by atoms with Crippen molar-refractivity contribution < 1.29 is 27.2 Å². The molecule has 0 saturated carbocycles. The number of ether oxygens (including phenoxy) is 1. The molecule has 262 valence electrons. The molecule has 1 aliphatic carbocycles. The zero-order valence-electron chi connectivity index (χ0n) is 28.1. The van der Waals surface area contributed by atoms with Gasteiger partial charge in [-0.05, 0) is 89.9 Å². The number of carbonyl (C=O) groups excluding carboxylic acids is 1. The molecular weight excluding hydrogens is 639 g/mol. The van der Waals surface area contributed by atoms with Crippen LogP contribution in [0.3, 0.4) is 0 Å². The third kappa shape index (κ3) is 6.56. The molecule has 0 radical (unpaired) electrons. The number of fused-ring (bicyclic) bond motifs is 2. The molecule has 6 heterocycles. The first-order valence-corrected chi connectivity index (χ1v) is 17.0. The third-order valence-electron chi connectivity index (χ3n) is 10.7. The summed E-state index contributed by atoms with van der Waals surface area (Å²) in [5.74, 6) is 0.820. The molecule has 2 atom stereocenters. The van der Waals surface area contributed by atoms with Crippen LogP contribution < -0.4 is 15.4 Å². The molecule has 15 heteroatoms. The summed E-state index contributed by atoms with van der Waals surface area (Å²) in [7, 11) is 1.95. The monoisotopic (exact) mass is 681 g/mol. The Hall–Kier alpha value is -4.27. The first-order chi connectivity index (χ1) is 23.4. The van der Waals surface area contributed by atoms with Crippen LogP contribution in [-0.4, -0.2) is 92.2 Å². The van der Waals surface area contributed by atoms with E-state index in [0.717, 1.165) is 44.3 Å². The van der Waals surface area contributed by atoms with Crippen LogP contribution in [0.4, 0.5) is 24.8 Å². The summed E-state index contributed by atoms with van der Waals surface area (Å²) in [6.45, 7) is 6.73. The first-order valence-electron chi connectivity index (χ1n) is 17.0. The van der Waals surface area contributed by atoms with E-state index in [4.69, 9.17) is 25.0 Å². The fourth-order valence-corrected chi connectivity index (χ4v) is 8.27. The molecule has 49 heavy (non-hydrogen) atoms. The van der Waals surface area contributed by atoms with Crippen LogP contribution in [0.1, 0.15) is 84.2 Å². The highest BCUT2D eigenvalue weighted by Gasteiger charge is 2.45. The number of nitrogens with zero attached hydrogens (tertiary/aromatic N) is 8. The number of hydrogen-bond acceptors (Lipinski definition) is 11. The maximum Gasteiger partial charge on any atom is 0.418 e. The second-order valence-corrected chi connectivity index (χ2v) is 13.9. The second-order valence-electron chi connectivity index (χ2n) is 13.9. The highest BCUT2D eigenvalue weighted by Crippen LogP contribution is 2.44. The topological polar surface area (TPSA) is 140 Å². The standard InChI is InChI=1S/C34H42F3N9O3/c1-20-16-26(38)41-30(29(20)34(35,36)37)22-6-7-24-25(17-22)40-32(48-19-33-11-4-13-46(33)14-5-12-33)42-31(24)44(3)23-10-15-45(18-23)28(47)9-8-27-39-21(2)43-49-27/h8-9,16,22-23H,4-7,10-15,17-19H2,1-3H3,(H2,38,41)/b9-8+. The number of aromatic nitrogens is 5. The molecule has 7 rings (SSSR count). The smallest absolute Gasteiger partial charge is 0.418 e. The van der Waals surface area contributed by atoms with Gasteiger partial charge < -0.3 is 24.8 Å².